The number of aromatic nitrogens is 4. The van der Waals surface area contributed by atoms with Crippen LogP contribution >= 0.6 is 11.6 Å². The van der Waals surface area contributed by atoms with Crippen molar-refractivity contribution in [1.29, 1.82) is 0 Å². The first-order valence-corrected chi connectivity index (χ1v) is 9.35. The minimum atomic E-state index is 0.531. The number of nitrogens with one attached hydrogen (secondary N) is 1. The number of hydrogen-bond acceptors (Lipinski definition) is 3. The Morgan fingerprint density at radius 2 is 2.04 bits per heavy atom. The number of benzene rings is 1. The number of nitrogens with zero attached hydrogens (tertiary/aromatic N) is 4. The Morgan fingerprint density at radius 1 is 1.23 bits per heavy atom. The summed E-state index contributed by atoms with van der Waals surface area (Å²) in [6, 6.07) is 7.94. The van der Waals surface area contributed by atoms with E-state index >= 15 is 0 Å². The van der Waals surface area contributed by atoms with Crippen LogP contribution in [0.15, 0.2) is 43.0 Å². The zero-order chi connectivity index (χ0) is 18.5. The number of imidazole rings is 1. The highest BCUT2D eigenvalue weighted by Gasteiger charge is 2.13. The van der Waals surface area contributed by atoms with E-state index in [0.29, 0.717) is 12.5 Å². The van der Waals surface area contributed by atoms with Crippen molar-refractivity contribution in [3.05, 3.63) is 70.5 Å². The smallest absolute Gasteiger partial charge is 0.0946 e. The van der Waals surface area contributed by atoms with Gasteiger partial charge in [-0.05, 0) is 37.9 Å². The molecule has 0 saturated heterocycles. The molecule has 138 valence electrons. The van der Waals surface area contributed by atoms with Gasteiger partial charge in [-0.1, -0.05) is 36.7 Å². The van der Waals surface area contributed by atoms with Gasteiger partial charge in [-0.25, -0.2) is 4.98 Å². The summed E-state index contributed by atoms with van der Waals surface area (Å²) in [7, 11) is 0. The molecule has 2 heterocycles. The quantitative estimate of drug-likeness (QED) is 0.654. The average Bonchev–Trinajstić information content (AvgIpc) is 3.20. The summed E-state index contributed by atoms with van der Waals surface area (Å²) in [5.74, 6) is 0.531. The molecule has 0 aliphatic rings. The number of rotatable bonds is 8. The summed E-state index contributed by atoms with van der Waals surface area (Å²) in [5.41, 5.74) is 4.63. The summed E-state index contributed by atoms with van der Waals surface area (Å²) in [6.07, 6.45) is 5.69. The summed E-state index contributed by atoms with van der Waals surface area (Å²) >= 11 is 6.29. The first-order valence-electron chi connectivity index (χ1n) is 8.97. The van der Waals surface area contributed by atoms with Gasteiger partial charge in [0, 0.05) is 41.8 Å². The van der Waals surface area contributed by atoms with Crippen molar-refractivity contribution in [2.45, 2.75) is 40.4 Å². The molecular formula is C20H26ClN5. The van der Waals surface area contributed by atoms with Crippen LogP contribution in [0.4, 0.5) is 0 Å². The molecule has 3 aromatic rings. The molecule has 0 spiro atoms. The van der Waals surface area contributed by atoms with Gasteiger partial charge in [0.2, 0.25) is 0 Å². The monoisotopic (exact) mass is 371 g/mol. The molecule has 0 amide bonds. The topological polar surface area (TPSA) is 47.7 Å². The Kier molecular flexibility index (Phi) is 6.12. The molecule has 0 fully saturated rings. The molecule has 5 nitrogen and oxygen atoms in total. The normalized spacial score (nSPS) is 12.5. The Labute approximate surface area is 160 Å². The van der Waals surface area contributed by atoms with E-state index in [0.717, 1.165) is 35.9 Å². The highest BCUT2D eigenvalue weighted by atomic mass is 35.5. The zero-order valence-electron chi connectivity index (χ0n) is 15.6. The van der Waals surface area contributed by atoms with E-state index in [2.05, 4.69) is 41.7 Å². The second-order valence-corrected chi connectivity index (χ2v) is 7.30. The van der Waals surface area contributed by atoms with Crippen molar-refractivity contribution in [1.82, 2.24) is 24.6 Å². The van der Waals surface area contributed by atoms with Crippen LogP contribution in [-0.2, 0) is 19.6 Å². The van der Waals surface area contributed by atoms with E-state index < -0.39 is 0 Å². The summed E-state index contributed by atoms with van der Waals surface area (Å²) in [4.78, 5) is 4.09. The lowest BCUT2D eigenvalue weighted by Gasteiger charge is -2.13. The molecule has 0 aliphatic heterocycles. The second-order valence-electron chi connectivity index (χ2n) is 6.89. The van der Waals surface area contributed by atoms with E-state index in [9.17, 15) is 0 Å². The number of aryl methyl sites for hydroxylation is 1. The third-order valence-corrected chi connectivity index (χ3v) is 5.05. The summed E-state index contributed by atoms with van der Waals surface area (Å²) in [6.45, 7) is 9.89. The fourth-order valence-electron chi connectivity index (χ4n) is 3.19. The van der Waals surface area contributed by atoms with E-state index in [4.69, 9.17) is 16.7 Å². The van der Waals surface area contributed by atoms with E-state index in [1.807, 2.05) is 41.6 Å². The highest BCUT2D eigenvalue weighted by molar-refractivity contribution is 6.31. The van der Waals surface area contributed by atoms with E-state index in [1.165, 1.54) is 11.3 Å². The zero-order valence-corrected chi connectivity index (χ0v) is 16.4. The first-order chi connectivity index (χ1) is 12.5. The maximum atomic E-state index is 6.29. The van der Waals surface area contributed by atoms with Crippen molar-refractivity contribution < 1.29 is 0 Å². The molecule has 1 N–H and O–H groups in total. The Balaban J connectivity index is 1.58. The third-order valence-electron chi connectivity index (χ3n) is 4.69. The van der Waals surface area contributed by atoms with E-state index in [1.54, 1.807) is 0 Å². The maximum absolute atomic E-state index is 6.29. The first kappa shape index (κ1) is 18.7. The highest BCUT2D eigenvalue weighted by Crippen LogP contribution is 2.19. The van der Waals surface area contributed by atoms with Gasteiger partial charge in [0.25, 0.3) is 0 Å². The molecule has 6 heteroatoms. The van der Waals surface area contributed by atoms with Crippen LogP contribution in [0.25, 0.3) is 0 Å². The number of halogens is 1. The lowest BCUT2D eigenvalue weighted by Crippen LogP contribution is -2.24. The number of hydrogen-bond donors (Lipinski definition) is 1. The molecule has 0 radical (unpaired) electrons. The van der Waals surface area contributed by atoms with Gasteiger partial charge in [0.15, 0.2) is 0 Å². The van der Waals surface area contributed by atoms with Crippen LogP contribution in [0.2, 0.25) is 5.02 Å². The maximum Gasteiger partial charge on any atom is 0.0946 e. The molecule has 1 atom stereocenters. The summed E-state index contributed by atoms with van der Waals surface area (Å²) in [5, 5.41) is 9.07. The SMILES string of the molecule is Cc1nn(Cc2ccccc2Cl)c(C)c1CNCC(C)Cn1ccnc1. The molecule has 26 heavy (non-hydrogen) atoms. The Bertz CT molecular complexity index is 838. The second kappa shape index (κ2) is 8.52. The van der Waals surface area contributed by atoms with Crippen LogP contribution < -0.4 is 5.32 Å². The molecule has 0 saturated carbocycles. The Morgan fingerprint density at radius 3 is 2.77 bits per heavy atom. The third kappa shape index (κ3) is 4.54. The molecule has 1 unspecified atom stereocenters. The predicted molar refractivity (Wildman–Crippen MR) is 105 cm³/mol. The molecule has 0 aliphatic carbocycles. The minimum absolute atomic E-state index is 0.531. The van der Waals surface area contributed by atoms with Crippen LogP contribution in [0.3, 0.4) is 0 Å². The van der Waals surface area contributed by atoms with Crippen LogP contribution in [0.1, 0.15) is 29.4 Å². The Hall–Kier alpha value is -2.11. The van der Waals surface area contributed by atoms with E-state index in [-0.39, 0.29) is 0 Å². The average molecular weight is 372 g/mol. The largest absolute Gasteiger partial charge is 0.337 e. The van der Waals surface area contributed by atoms with Crippen LogP contribution in [-0.4, -0.2) is 25.9 Å². The molecular weight excluding hydrogens is 346 g/mol. The predicted octanol–water partition coefficient (Wildman–Crippen LogP) is 3.82. The lowest BCUT2D eigenvalue weighted by molar-refractivity contribution is 0.444. The molecule has 0 bridgehead atoms. The van der Waals surface area contributed by atoms with Crippen LogP contribution in [0.5, 0.6) is 0 Å². The van der Waals surface area contributed by atoms with Crippen molar-refractivity contribution >= 4 is 11.6 Å². The van der Waals surface area contributed by atoms with Crippen LogP contribution in [0, 0.1) is 19.8 Å². The minimum Gasteiger partial charge on any atom is -0.337 e. The standard InChI is InChI=1S/C20H26ClN5/c1-15(12-25-9-8-22-14-25)10-23-11-19-16(2)24-26(17(19)3)13-18-6-4-5-7-20(18)21/h4-9,14-15,23H,10-13H2,1-3H3. The fourth-order valence-corrected chi connectivity index (χ4v) is 3.39. The van der Waals surface area contributed by atoms with Crippen molar-refractivity contribution in [2.24, 2.45) is 5.92 Å². The summed E-state index contributed by atoms with van der Waals surface area (Å²) < 4.78 is 4.16. The molecule has 3 rings (SSSR count). The molecule has 1 aromatic carbocycles. The molecule has 2 aromatic heterocycles. The van der Waals surface area contributed by atoms with Gasteiger partial charge in [0.05, 0.1) is 18.6 Å². The van der Waals surface area contributed by atoms with Crippen molar-refractivity contribution in [3.63, 3.8) is 0 Å². The van der Waals surface area contributed by atoms with Crippen molar-refractivity contribution in [2.75, 3.05) is 6.54 Å². The van der Waals surface area contributed by atoms with Gasteiger partial charge in [-0.3, -0.25) is 4.68 Å². The van der Waals surface area contributed by atoms with Gasteiger partial charge < -0.3 is 9.88 Å². The van der Waals surface area contributed by atoms with Gasteiger partial charge in [-0.2, -0.15) is 5.10 Å². The van der Waals surface area contributed by atoms with Crippen molar-refractivity contribution in [3.8, 4) is 0 Å². The van der Waals surface area contributed by atoms with Gasteiger partial charge >= 0.3 is 0 Å². The lowest BCUT2D eigenvalue weighted by atomic mass is 10.1. The van der Waals surface area contributed by atoms with Gasteiger partial charge in [-0.15, -0.1) is 0 Å². The fraction of sp³-hybridized carbons (Fsp3) is 0.400. The van der Waals surface area contributed by atoms with Gasteiger partial charge in [0.1, 0.15) is 0 Å².